The quantitative estimate of drug-likeness (QED) is 0.765. The van der Waals surface area contributed by atoms with Gasteiger partial charge in [0.1, 0.15) is 5.75 Å². The number of hydrogen-bond donors (Lipinski definition) is 1. The number of likely N-dealkylation sites (N-methyl/N-ethyl adjacent to an activating group) is 1. The van der Waals surface area contributed by atoms with Crippen LogP contribution in [0.2, 0.25) is 0 Å². The summed E-state index contributed by atoms with van der Waals surface area (Å²) in [4.78, 5) is 2.21. The van der Waals surface area contributed by atoms with E-state index < -0.39 is 0 Å². The molecule has 3 heteroatoms. The first-order chi connectivity index (χ1) is 7.76. The third kappa shape index (κ3) is 4.64. The molecule has 1 aromatic rings. The normalized spacial score (nSPS) is 10.8. The van der Waals surface area contributed by atoms with Crippen LogP contribution in [0, 0.1) is 0 Å². The third-order valence-electron chi connectivity index (χ3n) is 2.33. The molecule has 0 saturated heterocycles. The highest BCUT2D eigenvalue weighted by Crippen LogP contribution is 2.14. The van der Waals surface area contributed by atoms with Crippen molar-refractivity contribution in [3.8, 4) is 5.75 Å². The molecule has 0 heterocycles. The fourth-order valence-electron chi connectivity index (χ4n) is 1.56. The smallest absolute Gasteiger partial charge is 0.119 e. The number of hydrogen-bond acceptors (Lipinski definition) is 3. The molecule has 2 N–H and O–H groups in total. The predicted octanol–water partition coefficient (Wildman–Crippen LogP) is 1.87. The minimum Gasteiger partial charge on any atom is -0.494 e. The van der Waals surface area contributed by atoms with Crippen molar-refractivity contribution in [2.75, 3.05) is 26.7 Å². The Morgan fingerprint density at radius 3 is 2.88 bits per heavy atom. The lowest BCUT2D eigenvalue weighted by molar-refractivity contribution is 0.313. The SMILES string of the molecule is CCCOc1cccc(CN(C)CCN)c1. The summed E-state index contributed by atoms with van der Waals surface area (Å²) in [5, 5.41) is 0. The molecule has 90 valence electrons. The number of ether oxygens (including phenoxy) is 1. The van der Waals surface area contributed by atoms with Crippen molar-refractivity contribution in [1.82, 2.24) is 4.90 Å². The largest absolute Gasteiger partial charge is 0.494 e. The number of benzene rings is 1. The van der Waals surface area contributed by atoms with Gasteiger partial charge in [-0.1, -0.05) is 19.1 Å². The van der Waals surface area contributed by atoms with E-state index >= 15 is 0 Å². The van der Waals surface area contributed by atoms with Crippen LogP contribution in [0.4, 0.5) is 0 Å². The van der Waals surface area contributed by atoms with Crippen LogP contribution >= 0.6 is 0 Å². The second-order valence-electron chi connectivity index (χ2n) is 4.02. The van der Waals surface area contributed by atoms with E-state index in [4.69, 9.17) is 10.5 Å². The van der Waals surface area contributed by atoms with Gasteiger partial charge in [0.2, 0.25) is 0 Å². The Kier molecular flexibility index (Phi) is 5.90. The van der Waals surface area contributed by atoms with Gasteiger partial charge in [0.05, 0.1) is 6.61 Å². The fourth-order valence-corrected chi connectivity index (χ4v) is 1.56. The predicted molar refractivity (Wildman–Crippen MR) is 67.6 cm³/mol. The van der Waals surface area contributed by atoms with Crippen molar-refractivity contribution >= 4 is 0 Å². The molecule has 0 amide bonds. The van der Waals surface area contributed by atoms with E-state index in [0.29, 0.717) is 6.54 Å². The Balaban J connectivity index is 2.52. The molecule has 0 atom stereocenters. The van der Waals surface area contributed by atoms with Crippen molar-refractivity contribution in [3.63, 3.8) is 0 Å². The second-order valence-corrected chi connectivity index (χ2v) is 4.02. The molecule has 1 aromatic carbocycles. The molecule has 0 aliphatic rings. The second kappa shape index (κ2) is 7.25. The molecule has 0 unspecified atom stereocenters. The minimum atomic E-state index is 0.697. The Morgan fingerprint density at radius 1 is 1.38 bits per heavy atom. The van der Waals surface area contributed by atoms with Crippen molar-refractivity contribution in [3.05, 3.63) is 29.8 Å². The van der Waals surface area contributed by atoms with Crippen molar-refractivity contribution in [2.24, 2.45) is 5.73 Å². The van der Waals surface area contributed by atoms with Gasteiger partial charge in [0.25, 0.3) is 0 Å². The van der Waals surface area contributed by atoms with E-state index in [-0.39, 0.29) is 0 Å². The summed E-state index contributed by atoms with van der Waals surface area (Å²) in [6.07, 6.45) is 1.04. The molecule has 0 aliphatic carbocycles. The average molecular weight is 222 g/mol. The molecule has 0 aliphatic heterocycles. The van der Waals surface area contributed by atoms with Crippen LogP contribution < -0.4 is 10.5 Å². The topological polar surface area (TPSA) is 38.5 Å². The molecule has 0 bridgehead atoms. The number of nitrogens with zero attached hydrogens (tertiary/aromatic N) is 1. The summed E-state index contributed by atoms with van der Waals surface area (Å²) >= 11 is 0. The molecule has 1 rings (SSSR count). The van der Waals surface area contributed by atoms with Crippen molar-refractivity contribution in [1.29, 1.82) is 0 Å². The Labute approximate surface area is 98.2 Å². The lowest BCUT2D eigenvalue weighted by atomic mass is 10.2. The van der Waals surface area contributed by atoms with E-state index in [1.54, 1.807) is 0 Å². The van der Waals surface area contributed by atoms with Gasteiger partial charge in [0.15, 0.2) is 0 Å². The van der Waals surface area contributed by atoms with Gasteiger partial charge in [-0.15, -0.1) is 0 Å². The van der Waals surface area contributed by atoms with Gasteiger partial charge in [0, 0.05) is 19.6 Å². The van der Waals surface area contributed by atoms with Gasteiger partial charge in [-0.25, -0.2) is 0 Å². The Hall–Kier alpha value is -1.06. The van der Waals surface area contributed by atoms with Crippen molar-refractivity contribution in [2.45, 2.75) is 19.9 Å². The molecular weight excluding hydrogens is 200 g/mol. The summed E-state index contributed by atoms with van der Waals surface area (Å²) in [6.45, 7) is 5.42. The van der Waals surface area contributed by atoms with Crippen LogP contribution in [-0.2, 0) is 6.54 Å². The van der Waals surface area contributed by atoms with Crippen LogP contribution in [0.1, 0.15) is 18.9 Å². The lowest BCUT2D eigenvalue weighted by Gasteiger charge is -2.15. The van der Waals surface area contributed by atoms with E-state index in [9.17, 15) is 0 Å². The first-order valence-corrected chi connectivity index (χ1v) is 5.86. The summed E-state index contributed by atoms with van der Waals surface area (Å²) in [7, 11) is 2.08. The van der Waals surface area contributed by atoms with Gasteiger partial charge >= 0.3 is 0 Å². The van der Waals surface area contributed by atoms with Gasteiger partial charge in [-0.2, -0.15) is 0 Å². The first kappa shape index (κ1) is 13.0. The van der Waals surface area contributed by atoms with Crippen LogP contribution in [0.25, 0.3) is 0 Å². The Bertz CT molecular complexity index is 302. The monoisotopic (exact) mass is 222 g/mol. The summed E-state index contributed by atoms with van der Waals surface area (Å²) in [5.74, 6) is 0.959. The first-order valence-electron chi connectivity index (χ1n) is 5.86. The third-order valence-corrected chi connectivity index (χ3v) is 2.33. The number of nitrogens with two attached hydrogens (primary N) is 1. The zero-order valence-corrected chi connectivity index (χ0v) is 10.3. The maximum absolute atomic E-state index is 5.59. The van der Waals surface area contributed by atoms with Crippen LogP contribution in [0.15, 0.2) is 24.3 Å². The maximum Gasteiger partial charge on any atom is 0.119 e. The van der Waals surface area contributed by atoms with E-state index in [1.807, 2.05) is 12.1 Å². The minimum absolute atomic E-state index is 0.697. The summed E-state index contributed by atoms with van der Waals surface area (Å²) in [6, 6.07) is 8.26. The highest BCUT2D eigenvalue weighted by Gasteiger charge is 2.00. The van der Waals surface area contributed by atoms with E-state index in [0.717, 1.165) is 31.9 Å². The molecule has 0 fully saturated rings. The number of rotatable bonds is 7. The average Bonchev–Trinajstić information content (AvgIpc) is 2.27. The molecule has 0 radical (unpaired) electrons. The van der Waals surface area contributed by atoms with Crippen molar-refractivity contribution < 1.29 is 4.74 Å². The van der Waals surface area contributed by atoms with Crippen LogP contribution in [-0.4, -0.2) is 31.6 Å². The van der Waals surface area contributed by atoms with Crippen LogP contribution in [0.5, 0.6) is 5.75 Å². The molecule has 0 aromatic heterocycles. The highest BCUT2D eigenvalue weighted by molar-refractivity contribution is 5.28. The lowest BCUT2D eigenvalue weighted by Crippen LogP contribution is -2.24. The van der Waals surface area contributed by atoms with Crippen LogP contribution in [0.3, 0.4) is 0 Å². The van der Waals surface area contributed by atoms with Gasteiger partial charge in [-0.05, 0) is 31.2 Å². The van der Waals surface area contributed by atoms with Gasteiger partial charge < -0.3 is 15.4 Å². The highest BCUT2D eigenvalue weighted by atomic mass is 16.5. The molecule has 0 spiro atoms. The fraction of sp³-hybridized carbons (Fsp3) is 0.538. The molecular formula is C13H22N2O. The summed E-state index contributed by atoms with van der Waals surface area (Å²) < 4.78 is 5.59. The summed E-state index contributed by atoms with van der Waals surface area (Å²) in [5.41, 5.74) is 6.78. The zero-order valence-electron chi connectivity index (χ0n) is 10.3. The maximum atomic E-state index is 5.59. The van der Waals surface area contributed by atoms with Gasteiger partial charge in [-0.3, -0.25) is 0 Å². The Morgan fingerprint density at radius 2 is 2.19 bits per heavy atom. The molecule has 16 heavy (non-hydrogen) atoms. The van der Waals surface area contributed by atoms with E-state index in [1.165, 1.54) is 5.56 Å². The zero-order chi connectivity index (χ0) is 11.8. The standard InChI is InChI=1S/C13H22N2O/c1-3-9-16-13-6-4-5-12(10-13)11-15(2)8-7-14/h4-6,10H,3,7-9,11,14H2,1-2H3. The molecule has 3 nitrogen and oxygen atoms in total. The van der Waals surface area contributed by atoms with E-state index in [2.05, 4.69) is 31.0 Å². The molecule has 0 saturated carbocycles.